The summed E-state index contributed by atoms with van der Waals surface area (Å²) in [6.07, 6.45) is -4.44. The molecule has 1 rings (SSSR count). The Morgan fingerprint density at radius 1 is 1.29 bits per heavy atom. The van der Waals surface area contributed by atoms with E-state index in [0.717, 1.165) is 5.69 Å². The summed E-state index contributed by atoms with van der Waals surface area (Å²) in [7, 11) is 3.63. The maximum Gasteiger partial charge on any atom is 0.268 e. The van der Waals surface area contributed by atoms with Crippen molar-refractivity contribution in [3.63, 3.8) is 0 Å². The lowest BCUT2D eigenvalue weighted by Gasteiger charge is -2.15. The molecule has 0 fully saturated rings. The molecule has 0 spiro atoms. The molecule has 0 bridgehead atoms. The van der Waals surface area contributed by atoms with Crippen LogP contribution in [0.3, 0.4) is 0 Å². The maximum absolute atomic E-state index is 12.2. The van der Waals surface area contributed by atoms with E-state index in [9.17, 15) is 8.78 Å². The molecule has 0 radical (unpaired) electrons. The Hall–Kier alpha value is -1.16. The van der Waals surface area contributed by atoms with Crippen molar-refractivity contribution in [3.05, 3.63) is 29.8 Å². The third-order valence-corrected chi connectivity index (χ3v) is 1.97. The van der Waals surface area contributed by atoms with Crippen molar-refractivity contribution in [2.45, 2.75) is 12.5 Å². The van der Waals surface area contributed by atoms with Gasteiger partial charge >= 0.3 is 0 Å². The Bertz CT molecular complexity index is 302. The second-order valence-corrected chi connectivity index (χ2v) is 3.27. The molecule has 1 atom stereocenters. The Morgan fingerprint density at radius 2 is 1.93 bits per heavy atom. The van der Waals surface area contributed by atoms with Crippen molar-refractivity contribution in [1.82, 2.24) is 0 Å². The van der Waals surface area contributed by atoms with Crippen molar-refractivity contribution in [2.75, 3.05) is 19.0 Å². The van der Waals surface area contributed by atoms with Gasteiger partial charge < -0.3 is 10.0 Å². The molecular weight excluding hydrogens is 188 g/mol. The molecule has 1 aromatic carbocycles. The summed E-state index contributed by atoms with van der Waals surface area (Å²) in [6.45, 7) is 0. The fraction of sp³-hybridized carbons (Fsp3) is 0.400. The van der Waals surface area contributed by atoms with Crippen LogP contribution in [0.2, 0.25) is 0 Å². The molecule has 0 aliphatic rings. The molecule has 2 nitrogen and oxygen atoms in total. The molecule has 0 aromatic heterocycles. The summed E-state index contributed by atoms with van der Waals surface area (Å²) < 4.78 is 24.4. The van der Waals surface area contributed by atoms with E-state index in [1.165, 1.54) is 6.07 Å². The van der Waals surface area contributed by atoms with Crippen LogP contribution >= 0.6 is 0 Å². The third kappa shape index (κ3) is 2.42. The van der Waals surface area contributed by atoms with Gasteiger partial charge in [-0.05, 0) is 17.7 Å². The van der Waals surface area contributed by atoms with Crippen molar-refractivity contribution in [2.24, 2.45) is 0 Å². The summed E-state index contributed by atoms with van der Waals surface area (Å²) >= 11 is 0. The Kier molecular flexibility index (Phi) is 3.41. The number of aliphatic hydroxyl groups is 1. The van der Waals surface area contributed by atoms with Gasteiger partial charge in [-0.3, -0.25) is 0 Å². The van der Waals surface area contributed by atoms with Gasteiger partial charge in [0.2, 0.25) is 0 Å². The fourth-order valence-electron chi connectivity index (χ4n) is 1.13. The van der Waals surface area contributed by atoms with E-state index in [2.05, 4.69) is 0 Å². The molecule has 0 heterocycles. The molecule has 1 N–H and O–H groups in total. The zero-order valence-electron chi connectivity index (χ0n) is 8.11. The van der Waals surface area contributed by atoms with E-state index in [4.69, 9.17) is 5.11 Å². The van der Waals surface area contributed by atoms with Crippen LogP contribution in [-0.2, 0) is 0 Å². The minimum Gasteiger partial charge on any atom is -0.382 e. The van der Waals surface area contributed by atoms with Crippen LogP contribution < -0.4 is 4.90 Å². The lowest BCUT2D eigenvalue weighted by atomic mass is 10.1. The van der Waals surface area contributed by atoms with Gasteiger partial charge in [0.25, 0.3) is 6.43 Å². The van der Waals surface area contributed by atoms with E-state index in [-0.39, 0.29) is 5.56 Å². The highest BCUT2D eigenvalue weighted by Gasteiger charge is 2.19. The number of alkyl halides is 2. The summed E-state index contributed by atoms with van der Waals surface area (Å²) in [5.41, 5.74) is 1.04. The number of hydrogen-bond acceptors (Lipinski definition) is 2. The molecule has 0 amide bonds. The van der Waals surface area contributed by atoms with E-state index < -0.39 is 12.5 Å². The molecule has 78 valence electrons. The topological polar surface area (TPSA) is 23.5 Å². The van der Waals surface area contributed by atoms with Gasteiger partial charge in [0.15, 0.2) is 0 Å². The lowest BCUT2D eigenvalue weighted by molar-refractivity contribution is -0.00575. The lowest BCUT2D eigenvalue weighted by Crippen LogP contribution is -2.11. The fourth-order valence-corrected chi connectivity index (χ4v) is 1.13. The van der Waals surface area contributed by atoms with Crippen molar-refractivity contribution in [3.8, 4) is 0 Å². The monoisotopic (exact) mass is 201 g/mol. The van der Waals surface area contributed by atoms with Gasteiger partial charge in [-0.15, -0.1) is 0 Å². The van der Waals surface area contributed by atoms with Crippen LogP contribution in [0.15, 0.2) is 24.3 Å². The molecule has 0 saturated carbocycles. The predicted octanol–water partition coefficient (Wildman–Crippen LogP) is 2.05. The van der Waals surface area contributed by atoms with E-state index >= 15 is 0 Å². The Morgan fingerprint density at radius 3 is 2.43 bits per heavy atom. The normalized spacial score (nSPS) is 13.0. The highest BCUT2D eigenvalue weighted by Crippen LogP contribution is 2.23. The van der Waals surface area contributed by atoms with Crippen LogP contribution in [0.4, 0.5) is 14.5 Å². The number of rotatable bonds is 3. The summed E-state index contributed by atoms with van der Waals surface area (Å²) in [6, 6.07) is 6.48. The SMILES string of the molecule is CN(C)c1cccc(C(O)C(F)F)c1. The summed E-state index contributed by atoms with van der Waals surface area (Å²) in [5.74, 6) is 0. The van der Waals surface area contributed by atoms with Gasteiger partial charge in [-0.25, -0.2) is 8.78 Å². The molecule has 0 saturated heterocycles. The van der Waals surface area contributed by atoms with Crippen LogP contribution in [0.1, 0.15) is 11.7 Å². The molecule has 1 aromatic rings. The zero-order valence-corrected chi connectivity index (χ0v) is 8.11. The minimum atomic E-state index is -2.74. The van der Waals surface area contributed by atoms with Crippen LogP contribution in [0.25, 0.3) is 0 Å². The van der Waals surface area contributed by atoms with Crippen molar-refractivity contribution in [1.29, 1.82) is 0 Å². The van der Waals surface area contributed by atoms with E-state index in [1.807, 2.05) is 14.1 Å². The smallest absolute Gasteiger partial charge is 0.268 e. The molecular formula is C10H13F2NO. The zero-order chi connectivity index (χ0) is 10.7. The molecule has 0 aliphatic heterocycles. The first kappa shape index (κ1) is 10.9. The molecule has 4 heteroatoms. The first-order valence-corrected chi connectivity index (χ1v) is 4.26. The van der Waals surface area contributed by atoms with E-state index in [0.29, 0.717) is 0 Å². The number of halogens is 2. The quantitative estimate of drug-likeness (QED) is 0.809. The van der Waals surface area contributed by atoms with Crippen molar-refractivity contribution >= 4 is 5.69 Å². The third-order valence-electron chi connectivity index (χ3n) is 1.97. The number of nitrogens with zero attached hydrogens (tertiary/aromatic N) is 1. The first-order chi connectivity index (χ1) is 6.52. The maximum atomic E-state index is 12.2. The number of anilines is 1. The molecule has 1 unspecified atom stereocenters. The van der Waals surface area contributed by atoms with E-state index in [1.54, 1.807) is 23.1 Å². The first-order valence-electron chi connectivity index (χ1n) is 4.26. The highest BCUT2D eigenvalue weighted by atomic mass is 19.3. The standard InChI is InChI=1S/C10H13F2NO/c1-13(2)8-5-3-4-7(6-8)9(14)10(11)12/h3-6,9-10,14H,1-2H3. The Balaban J connectivity index is 2.93. The number of benzene rings is 1. The number of hydrogen-bond donors (Lipinski definition) is 1. The van der Waals surface area contributed by atoms with Gasteiger partial charge in [0.05, 0.1) is 0 Å². The molecule has 14 heavy (non-hydrogen) atoms. The van der Waals surface area contributed by atoms with Crippen LogP contribution in [0.5, 0.6) is 0 Å². The van der Waals surface area contributed by atoms with Crippen LogP contribution in [-0.4, -0.2) is 25.6 Å². The van der Waals surface area contributed by atoms with Gasteiger partial charge in [-0.1, -0.05) is 12.1 Å². The highest BCUT2D eigenvalue weighted by molar-refractivity contribution is 5.47. The second-order valence-electron chi connectivity index (χ2n) is 3.27. The van der Waals surface area contributed by atoms with Gasteiger partial charge in [0.1, 0.15) is 6.10 Å². The Labute approximate surface area is 81.8 Å². The minimum absolute atomic E-state index is 0.242. The van der Waals surface area contributed by atoms with Crippen molar-refractivity contribution < 1.29 is 13.9 Å². The summed E-state index contributed by atoms with van der Waals surface area (Å²) in [5, 5.41) is 9.14. The average Bonchev–Trinajstić information content (AvgIpc) is 2.16. The average molecular weight is 201 g/mol. The summed E-state index contributed by atoms with van der Waals surface area (Å²) in [4.78, 5) is 1.79. The van der Waals surface area contributed by atoms with Gasteiger partial charge in [-0.2, -0.15) is 0 Å². The van der Waals surface area contributed by atoms with Gasteiger partial charge in [0, 0.05) is 19.8 Å². The largest absolute Gasteiger partial charge is 0.382 e. The van der Waals surface area contributed by atoms with Crippen LogP contribution in [0, 0.1) is 0 Å². The number of aliphatic hydroxyl groups excluding tert-OH is 1. The predicted molar refractivity (Wildman–Crippen MR) is 51.7 cm³/mol. The second kappa shape index (κ2) is 4.37. The molecule has 0 aliphatic carbocycles.